The van der Waals surface area contributed by atoms with Gasteiger partial charge in [0, 0.05) is 13.2 Å². The van der Waals surface area contributed by atoms with Crippen molar-refractivity contribution in [3.8, 4) is 5.88 Å². The lowest BCUT2D eigenvalue weighted by molar-refractivity contribution is -0.0825. The molecule has 1 aliphatic carbocycles. The van der Waals surface area contributed by atoms with Crippen LogP contribution in [-0.2, 0) is 11.3 Å². The average Bonchev–Trinajstić information content (AvgIpc) is 2.69. The van der Waals surface area contributed by atoms with Crippen molar-refractivity contribution in [3.63, 3.8) is 0 Å². The van der Waals surface area contributed by atoms with Gasteiger partial charge in [0.05, 0.1) is 19.3 Å². The lowest BCUT2D eigenvalue weighted by Gasteiger charge is -2.40. The molecule has 2 N–H and O–H groups in total. The first-order valence-corrected chi connectivity index (χ1v) is 6.39. The fourth-order valence-electron chi connectivity index (χ4n) is 2.56. The highest BCUT2D eigenvalue weighted by atomic mass is 16.5. The molecule has 0 atom stereocenters. The highest BCUT2D eigenvalue weighted by molar-refractivity contribution is 5.74. The van der Waals surface area contributed by atoms with Crippen molar-refractivity contribution < 1.29 is 9.47 Å². The zero-order valence-corrected chi connectivity index (χ0v) is 11.2. The summed E-state index contributed by atoms with van der Waals surface area (Å²) in [5, 5.41) is 0. The number of anilines is 1. The second-order valence-corrected chi connectivity index (χ2v) is 4.99. The summed E-state index contributed by atoms with van der Waals surface area (Å²) in [7, 11) is 3.35. The molecule has 19 heavy (non-hydrogen) atoms. The van der Waals surface area contributed by atoms with Gasteiger partial charge >= 0.3 is 0 Å². The molecule has 1 aliphatic rings. The van der Waals surface area contributed by atoms with Crippen LogP contribution in [0.3, 0.4) is 0 Å². The molecule has 2 aromatic heterocycles. The Labute approximate surface area is 111 Å². The first kappa shape index (κ1) is 12.2. The number of methoxy groups -OCH3 is 2. The fraction of sp³-hybridized carbons (Fsp3) is 0.538. The summed E-state index contributed by atoms with van der Waals surface area (Å²) in [5.41, 5.74) is 7.41. The molecular formula is C13H18N4O2. The Balaban J connectivity index is 2.04. The van der Waals surface area contributed by atoms with Gasteiger partial charge in [0.15, 0.2) is 5.65 Å². The molecule has 0 aromatic carbocycles. The molecule has 0 radical (unpaired) electrons. The third-order valence-corrected chi connectivity index (χ3v) is 3.95. The molecular weight excluding hydrogens is 244 g/mol. The highest BCUT2D eigenvalue weighted by Gasteiger charge is 2.38. The van der Waals surface area contributed by atoms with E-state index in [1.807, 2.05) is 10.6 Å². The second-order valence-electron chi connectivity index (χ2n) is 4.99. The lowest BCUT2D eigenvalue weighted by atomic mass is 9.80. The van der Waals surface area contributed by atoms with Crippen LogP contribution in [0.2, 0.25) is 0 Å². The maximum absolute atomic E-state index is 6.00. The van der Waals surface area contributed by atoms with E-state index in [9.17, 15) is 0 Å². The normalized spacial score (nSPS) is 17.4. The molecule has 3 rings (SSSR count). The molecule has 0 spiro atoms. The summed E-state index contributed by atoms with van der Waals surface area (Å²) in [6, 6.07) is 3.66. The standard InChI is InChI=1S/C13H18N4O2/c1-18-10-5-4-9-11(16-10)17(12(14)15-9)8-13(19-2)6-3-7-13/h4-5H,3,6-8H2,1-2H3,(H2,14,15). The number of hydrogen-bond acceptors (Lipinski definition) is 5. The van der Waals surface area contributed by atoms with Gasteiger partial charge in [-0.05, 0) is 25.3 Å². The van der Waals surface area contributed by atoms with Crippen LogP contribution >= 0.6 is 0 Å². The zero-order chi connectivity index (χ0) is 13.5. The number of nitrogens with zero attached hydrogens (tertiary/aromatic N) is 3. The van der Waals surface area contributed by atoms with E-state index in [0.29, 0.717) is 18.4 Å². The van der Waals surface area contributed by atoms with E-state index in [-0.39, 0.29) is 5.60 Å². The molecule has 102 valence electrons. The number of pyridine rings is 1. The van der Waals surface area contributed by atoms with Crippen LogP contribution in [0.4, 0.5) is 5.95 Å². The quantitative estimate of drug-likeness (QED) is 0.905. The molecule has 0 saturated heterocycles. The maximum atomic E-state index is 6.00. The van der Waals surface area contributed by atoms with E-state index in [4.69, 9.17) is 15.2 Å². The summed E-state index contributed by atoms with van der Waals surface area (Å²) < 4.78 is 12.7. The van der Waals surface area contributed by atoms with Crippen molar-refractivity contribution in [2.75, 3.05) is 20.0 Å². The number of hydrogen-bond donors (Lipinski definition) is 1. The van der Waals surface area contributed by atoms with Gasteiger partial charge in [0.2, 0.25) is 11.8 Å². The van der Waals surface area contributed by atoms with Crippen molar-refractivity contribution in [2.24, 2.45) is 0 Å². The van der Waals surface area contributed by atoms with Gasteiger partial charge in [0.1, 0.15) is 5.52 Å². The Morgan fingerprint density at radius 2 is 2.11 bits per heavy atom. The van der Waals surface area contributed by atoms with E-state index in [0.717, 1.165) is 24.0 Å². The Bertz CT molecular complexity index is 598. The van der Waals surface area contributed by atoms with Crippen LogP contribution in [0.25, 0.3) is 11.2 Å². The third kappa shape index (κ3) is 1.92. The van der Waals surface area contributed by atoms with E-state index in [1.54, 1.807) is 20.3 Å². The zero-order valence-electron chi connectivity index (χ0n) is 11.2. The van der Waals surface area contributed by atoms with E-state index in [2.05, 4.69) is 9.97 Å². The molecule has 1 fully saturated rings. The minimum absolute atomic E-state index is 0.119. The highest BCUT2D eigenvalue weighted by Crippen LogP contribution is 2.37. The minimum Gasteiger partial charge on any atom is -0.481 e. The predicted octanol–water partition coefficient (Wildman–Crippen LogP) is 1.59. The molecule has 6 nitrogen and oxygen atoms in total. The monoisotopic (exact) mass is 262 g/mol. The van der Waals surface area contributed by atoms with Crippen molar-refractivity contribution in [1.82, 2.24) is 14.5 Å². The molecule has 0 bridgehead atoms. The Hall–Kier alpha value is -1.82. The Kier molecular flexibility index (Phi) is 2.82. The van der Waals surface area contributed by atoms with Crippen molar-refractivity contribution in [1.29, 1.82) is 0 Å². The first-order chi connectivity index (χ1) is 9.17. The molecule has 2 aromatic rings. The van der Waals surface area contributed by atoms with Crippen LogP contribution < -0.4 is 10.5 Å². The van der Waals surface area contributed by atoms with E-state index < -0.39 is 0 Å². The number of aromatic nitrogens is 3. The van der Waals surface area contributed by atoms with Crippen LogP contribution in [0.15, 0.2) is 12.1 Å². The number of rotatable bonds is 4. The number of nitrogen functional groups attached to an aromatic ring is 1. The van der Waals surface area contributed by atoms with Crippen LogP contribution in [0.1, 0.15) is 19.3 Å². The Morgan fingerprint density at radius 1 is 1.32 bits per heavy atom. The summed E-state index contributed by atoms with van der Waals surface area (Å²) in [5.74, 6) is 1.04. The predicted molar refractivity (Wildman–Crippen MR) is 72.1 cm³/mol. The minimum atomic E-state index is -0.119. The number of fused-ring (bicyclic) bond motifs is 1. The van der Waals surface area contributed by atoms with E-state index >= 15 is 0 Å². The summed E-state index contributed by atoms with van der Waals surface area (Å²) in [6.07, 6.45) is 3.29. The number of imidazole rings is 1. The average molecular weight is 262 g/mol. The van der Waals surface area contributed by atoms with Gasteiger partial charge in [-0.3, -0.25) is 4.57 Å². The molecule has 0 aliphatic heterocycles. The summed E-state index contributed by atoms with van der Waals surface area (Å²) in [6.45, 7) is 0.687. The van der Waals surface area contributed by atoms with Gasteiger partial charge in [0.25, 0.3) is 0 Å². The summed E-state index contributed by atoms with van der Waals surface area (Å²) >= 11 is 0. The van der Waals surface area contributed by atoms with Crippen LogP contribution in [-0.4, -0.2) is 34.4 Å². The topological polar surface area (TPSA) is 75.2 Å². The summed E-state index contributed by atoms with van der Waals surface area (Å²) in [4.78, 5) is 8.77. The van der Waals surface area contributed by atoms with Crippen molar-refractivity contribution in [2.45, 2.75) is 31.4 Å². The smallest absolute Gasteiger partial charge is 0.215 e. The van der Waals surface area contributed by atoms with Crippen molar-refractivity contribution >= 4 is 17.1 Å². The largest absolute Gasteiger partial charge is 0.481 e. The van der Waals surface area contributed by atoms with E-state index in [1.165, 1.54) is 6.42 Å². The molecule has 0 unspecified atom stereocenters. The SMILES string of the molecule is COc1ccc2nc(N)n(CC3(OC)CCC3)c2n1. The lowest BCUT2D eigenvalue weighted by Crippen LogP contribution is -2.43. The molecule has 6 heteroatoms. The molecule has 1 saturated carbocycles. The molecule has 2 heterocycles. The van der Waals surface area contributed by atoms with Gasteiger partial charge in [-0.15, -0.1) is 0 Å². The van der Waals surface area contributed by atoms with Gasteiger partial charge in [-0.1, -0.05) is 0 Å². The first-order valence-electron chi connectivity index (χ1n) is 6.39. The van der Waals surface area contributed by atoms with Gasteiger partial charge in [-0.25, -0.2) is 4.98 Å². The maximum Gasteiger partial charge on any atom is 0.215 e. The van der Waals surface area contributed by atoms with Crippen molar-refractivity contribution in [3.05, 3.63) is 12.1 Å². The second kappa shape index (κ2) is 4.38. The number of ether oxygens (including phenoxy) is 2. The number of nitrogens with two attached hydrogens (primary N) is 1. The van der Waals surface area contributed by atoms with Gasteiger partial charge < -0.3 is 15.2 Å². The Morgan fingerprint density at radius 3 is 2.68 bits per heavy atom. The van der Waals surface area contributed by atoms with Gasteiger partial charge in [-0.2, -0.15) is 4.98 Å². The third-order valence-electron chi connectivity index (χ3n) is 3.95. The fourth-order valence-corrected chi connectivity index (χ4v) is 2.56. The van der Waals surface area contributed by atoms with Crippen LogP contribution in [0.5, 0.6) is 5.88 Å². The van der Waals surface area contributed by atoms with Crippen LogP contribution in [0, 0.1) is 0 Å². The molecule has 0 amide bonds.